The number of nitriles is 1. The second kappa shape index (κ2) is 10.7. The molecule has 0 saturated heterocycles. The van der Waals surface area contributed by atoms with Crippen molar-refractivity contribution in [2.45, 2.75) is 6.61 Å². The molecule has 3 aromatic carbocycles. The van der Waals surface area contributed by atoms with Crippen molar-refractivity contribution in [1.29, 1.82) is 5.26 Å². The zero-order chi connectivity index (χ0) is 23.1. The number of amides is 1. The van der Waals surface area contributed by atoms with Gasteiger partial charge in [-0.25, -0.2) is 0 Å². The summed E-state index contributed by atoms with van der Waals surface area (Å²) < 4.78 is 6.99. The lowest BCUT2D eigenvalue weighted by Crippen LogP contribution is -2.13. The van der Waals surface area contributed by atoms with Gasteiger partial charge in [-0.1, -0.05) is 30.3 Å². The fourth-order valence-corrected chi connectivity index (χ4v) is 4.20. The maximum atomic E-state index is 12.4. The number of ether oxygens (including phenoxy) is 1. The lowest BCUT2D eigenvalue weighted by molar-refractivity contribution is -0.384. The molecule has 0 radical (unpaired) electrons. The monoisotopic (exact) mass is 555 g/mol. The van der Waals surface area contributed by atoms with E-state index in [1.165, 1.54) is 18.2 Å². The van der Waals surface area contributed by atoms with Crippen LogP contribution in [-0.2, 0) is 11.4 Å². The van der Waals surface area contributed by atoms with E-state index in [2.05, 4.69) is 37.2 Å². The fourth-order valence-electron chi connectivity index (χ4n) is 2.75. The number of hydrogen-bond acceptors (Lipinski definition) is 5. The smallest absolute Gasteiger partial charge is 0.269 e. The number of rotatable bonds is 7. The third-order valence-electron chi connectivity index (χ3n) is 4.23. The molecule has 3 aromatic rings. The molecule has 0 unspecified atom stereocenters. The number of nitro groups is 1. The minimum atomic E-state index is -0.517. The van der Waals surface area contributed by atoms with Gasteiger partial charge in [0.25, 0.3) is 11.6 Å². The van der Waals surface area contributed by atoms with E-state index in [4.69, 9.17) is 4.74 Å². The van der Waals surface area contributed by atoms with Gasteiger partial charge in [-0.3, -0.25) is 14.9 Å². The number of non-ortho nitro benzene ring substituents is 1. The Kier molecular flexibility index (Phi) is 7.76. The number of nitrogens with zero attached hydrogens (tertiary/aromatic N) is 2. The van der Waals surface area contributed by atoms with Crippen LogP contribution in [0.25, 0.3) is 6.08 Å². The number of carbonyl (C=O) groups excluding carboxylic acids is 1. The van der Waals surface area contributed by atoms with Crippen LogP contribution in [0.15, 0.2) is 81.2 Å². The molecule has 32 heavy (non-hydrogen) atoms. The van der Waals surface area contributed by atoms with Crippen molar-refractivity contribution in [3.63, 3.8) is 0 Å². The number of carbonyl (C=O) groups is 1. The number of nitrogens with one attached hydrogen (secondary N) is 1. The van der Waals surface area contributed by atoms with Gasteiger partial charge in [0.15, 0.2) is 0 Å². The number of hydrogen-bond donors (Lipinski definition) is 1. The molecule has 1 N–H and O–H groups in total. The molecule has 0 aliphatic carbocycles. The normalized spacial score (nSPS) is 10.8. The predicted octanol–water partition coefficient (Wildman–Crippen LogP) is 6.24. The van der Waals surface area contributed by atoms with Crippen LogP contribution in [0, 0.1) is 21.4 Å². The zero-order valence-corrected chi connectivity index (χ0v) is 19.6. The molecule has 1 amide bonds. The molecule has 0 bridgehead atoms. The summed E-state index contributed by atoms with van der Waals surface area (Å²) in [5, 5.41) is 23.0. The van der Waals surface area contributed by atoms with E-state index in [0.29, 0.717) is 31.5 Å². The van der Waals surface area contributed by atoms with Crippen LogP contribution < -0.4 is 10.1 Å². The summed E-state index contributed by atoms with van der Waals surface area (Å²) in [6.45, 7) is 0.122. The topological polar surface area (TPSA) is 105 Å². The van der Waals surface area contributed by atoms with E-state index in [-0.39, 0.29) is 17.9 Å². The molecule has 0 fully saturated rings. The van der Waals surface area contributed by atoms with Gasteiger partial charge in [-0.2, -0.15) is 5.26 Å². The van der Waals surface area contributed by atoms with Gasteiger partial charge < -0.3 is 10.1 Å². The summed E-state index contributed by atoms with van der Waals surface area (Å²) in [6, 6.07) is 20.4. The van der Waals surface area contributed by atoms with E-state index >= 15 is 0 Å². The highest BCUT2D eigenvalue weighted by molar-refractivity contribution is 9.11. The van der Waals surface area contributed by atoms with Gasteiger partial charge in [-0.05, 0) is 73.3 Å². The molecule has 0 spiro atoms. The van der Waals surface area contributed by atoms with E-state index in [1.807, 2.05) is 12.1 Å². The van der Waals surface area contributed by atoms with E-state index < -0.39 is 10.8 Å². The first-order chi connectivity index (χ1) is 15.4. The van der Waals surface area contributed by atoms with Crippen molar-refractivity contribution in [3.05, 3.63) is 102 Å². The second-order valence-corrected chi connectivity index (χ2v) is 8.23. The molecule has 0 saturated carbocycles. The summed E-state index contributed by atoms with van der Waals surface area (Å²) in [5.41, 5.74) is 1.77. The van der Waals surface area contributed by atoms with Gasteiger partial charge in [0.1, 0.15) is 24.0 Å². The highest BCUT2D eigenvalue weighted by atomic mass is 79.9. The number of benzene rings is 3. The fraction of sp³-hybridized carbons (Fsp3) is 0.0435. The Labute approximate surface area is 200 Å². The Hall–Kier alpha value is -3.48. The van der Waals surface area contributed by atoms with Crippen molar-refractivity contribution < 1.29 is 14.5 Å². The van der Waals surface area contributed by atoms with Crippen LogP contribution in [0.3, 0.4) is 0 Å². The second-order valence-electron chi connectivity index (χ2n) is 6.52. The van der Waals surface area contributed by atoms with Gasteiger partial charge in [-0.15, -0.1) is 0 Å². The Bertz CT molecular complexity index is 1210. The Morgan fingerprint density at radius 1 is 1.09 bits per heavy atom. The van der Waals surface area contributed by atoms with Crippen molar-refractivity contribution in [2.24, 2.45) is 0 Å². The molecular formula is C23H15Br2N3O4. The average molecular weight is 557 g/mol. The average Bonchev–Trinajstić information content (AvgIpc) is 2.77. The van der Waals surface area contributed by atoms with Crippen LogP contribution in [0.4, 0.5) is 11.4 Å². The summed E-state index contributed by atoms with van der Waals surface area (Å²) in [7, 11) is 0. The third kappa shape index (κ3) is 6.03. The minimum absolute atomic E-state index is 0.0115. The maximum Gasteiger partial charge on any atom is 0.269 e. The molecule has 9 heteroatoms. The quantitative estimate of drug-likeness (QED) is 0.160. The molecule has 0 heterocycles. The highest BCUT2D eigenvalue weighted by Gasteiger charge is 2.13. The first-order valence-corrected chi connectivity index (χ1v) is 10.8. The van der Waals surface area contributed by atoms with Gasteiger partial charge >= 0.3 is 0 Å². The van der Waals surface area contributed by atoms with Crippen LogP contribution in [0.1, 0.15) is 11.1 Å². The lowest BCUT2D eigenvalue weighted by Gasteiger charge is -2.12. The minimum Gasteiger partial charge on any atom is -0.487 e. The maximum absolute atomic E-state index is 12.4. The van der Waals surface area contributed by atoms with Crippen LogP contribution in [-0.4, -0.2) is 10.8 Å². The molecule has 0 aromatic heterocycles. The van der Waals surface area contributed by atoms with Crippen molar-refractivity contribution in [1.82, 2.24) is 0 Å². The van der Waals surface area contributed by atoms with Crippen LogP contribution >= 0.6 is 31.9 Å². The van der Waals surface area contributed by atoms with E-state index in [1.54, 1.807) is 48.5 Å². The Morgan fingerprint density at radius 2 is 1.78 bits per heavy atom. The Balaban J connectivity index is 1.77. The first kappa shape index (κ1) is 23.2. The number of halogens is 2. The molecule has 0 atom stereocenters. The molecule has 0 aliphatic rings. The van der Waals surface area contributed by atoms with Crippen molar-refractivity contribution in [3.8, 4) is 11.8 Å². The largest absolute Gasteiger partial charge is 0.487 e. The summed E-state index contributed by atoms with van der Waals surface area (Å²) >= 11 is 6.87. The third-order valence-corrected chi connectivity index (χ3v) is 5.41. The SMILES string of the molecule is N#C/C(=C/c1cc(Br)c(OCc2cccc([N+](=O)[O-])c2)c(Br)c1)C(=O)Nc1ccccc1. The number of anilines is 1. The molecule has 7 nitrogen and oxygen atoms in total. The van der Waals surface area contributed by atoms with Gasteiger partial charge in [0.2, 0.25) is 0 Å². The standard InChI is InChI=1S/C23H15Br2N3O4/c24-20-11-16(9-17(13-26)23(29)27-18-6-2-1-3-7-18)12-21(25)22(20)32-14-15-5-4-8-19(10-15)28(30)31/h1-12H,14H2,(H,27,29)/b17-9-. The first-order valence-electron chi connectivity index (χ1n) is 9.20. The zero-order valence-electron chi connectivity index (χ0n) is 16.4. The van der Waals surface area contributed by atoms with E-state index in [9.17, 15) is 20.2 Å². The van der Waals surface area contributed by atoms with Gasteiger partial charge in [0.05, 0.1) is 13.9 Å². The summed E-state index contributed by atoms with van der Waals surface area (Å²) in [5.74, 6) is -0.0298. The molecular weight excluding hydrogens is 542 g/mol. The molecule has 0 aliphatic heterocycles. The van der Waals surface area contributed by atoms with Crippen LogP contribution in [0.2, 0.25) is 0 Å². The molecule has 160 valence electrons. The molecule has 3 rings (SSSR count). The summed E-state index contributed by atoms with van der Waals surface area (Å²) in [4.78, 5) is 22.9. The number of para-hydroxylation sites is 1. The Morgan fingerprint density at radius 3 is 2.41 bits per heavy atom. The van der Waals surface area contributed by atoms with E-state index in [0.717, 1.165) is 0 Å². The van der Waals surface area contributed by atoms with Crippen LogP contribution in [0.5, 0.6) is 5.75 Å². The lowest BCUT2D eigenvalue weighted by atomic mass is 10.1. The number of nitro benzene ring substituents is 1. The van der Waals surface area contributed by atoms with Gasteiger partial charge in [0, 0.05) is 17.8 Å². The summed E-state index contributed by atoms with van der Waals surface area (Å²) in [6.07, 6.45) is 1.47. The highest BCUT2D eigenvalue weighted by Crippen LogP contribution is 2.36. The van der Waals surface area contributed by atoms with Crippen molar-refractivity contribution >= 4 is 55.2 Å². The van der Waals surface area contributed by atoms with Crippen molar-refractivity contribution in [2.75, 3.05) is 5.32 Å². The predicted molar refractivity (Wildman–Crippen MR) is 128 cm³/mol.